The minimum atomic E-state index is -0.251. The highest BCUT2D eigenvalue weighted by Crippen LogP contribution is 2.34. The lowest BCUT2D eigenvalue weighted by Gasteiger charge is -2.14. The molecule has 2 aromatic carbocycles. The maximum absolute atomic E-state index is 12.6. The SMILES string of the molecule is Cc1ccc(C(=O)Nc2ccc(Cl)c(COc3cccn4c(Br)c(C)nc34)c2Cl)cc1. The normalized spacial score (nSPS) is 11.0. The summed E-state index contributed by atoms with van der Waals surface area (Å²) in [7, 11) is 0. The molecule has 0 fully saturated rings. The van der Waals surface area contributed by atoms with E-state index in [0.717, 1.165) is 15.9 Å². The molecule has 0 aliphatic rings. The van der Waals surface area contributed by atoms with Crippen LogP contribution in [0.25, 0.3) is 5.65 Å². The molecule has 1 amide bonds. The highest BCUT2D eigenvalue weighted by molar-refractivity contribution is 9.10. The van der Waals surface area contributed by atoms with Crippen molar-refractivity contribution in [3.8, 4) is 5.75 Å². The molecule has 0 unspecified atom stereocenters. The van der Waals surface area contributed by atoms with E-state index in [1.807, 2.05) is 48.7 Å². The topological polar surface area (TPSA) is 55.6 Å². The van der Waals surface area contributed by atoms with E-state index in [2.05, 4.69) is 26.2 Å². The number of halogens is 3. The number of nitrogens with one attached hydrogen (secondary N) is 1. The van der Waals surface area contributed by atoms with Crippen molar-refractivity contribution in [2.75, 3.05) is 5.32 Å². The molecule has 4 rings (SSSR count). The lowest BCUT2D eigenvalue weighted by Crippen LogP contribution is -2.13. The van der Waals surface area contributed by atoms with E-state index in [1.165, 1.54) is 0 Å². The molecule has 0 bridgehead atoms. The van der Waals surface area contributed by atoms with Crippen LogP contribution < -0.4 is 10.1 Å². The molecule has 5 nitrogen and oxygen atoms in total. The zero-order chi connectivity index (χ0) is 22.1. The number of aromatic nitrogens is 2. The van der Waals surface area contributed by atoms with Gasteiger partial charge >= 0.3 is 0 Å². The summed E-state index contributed by atoms with van der Waals surface area (Å²) in [5, 5.41) is 3.63. The van der Waals surface area contributed by atoms with Crippen molar-refractivity contribution in [3.05, 3.63) is 91.8 Å². The second-order valence-electron chi connectivity index (χ2n) is 7.05. The van der Waals surface area contributed by atoms with E-state index in [1.54, 1.807) is 24.3 Å². The average Bonchev–Trinajstić information content (AvgIpc) is 3.05. The fourth-order valence-electron chi connectivity index (χ4n) is 3.12. The number of ether oxygens (including phenoxy) is 1. The second-order valence-corrected chi connectivity index (χ2v) is 8.59. The minimum Gasteiger partial charge on any atom is -0.485 e. The van der Waals surface area contributed by atoms with Crippen molar-refractivity contribution in [1.29, 1.82) is 0 Å². The summed E-state index contributed by atoms with van der Waals surface area (Å²) in [6.07, 6.45) is 1.90. The lowest BCUT2D eigenvalue weighted by atomic mass is 10.1. The molecule has 0 saturated heterocycles. The van der Waals surface area contributed by atoms with Gasteiger partial charge in [-0.15, -0.1) is 0 Å². The number of fused-ring (bicyclic) bond motifs is 1. The van der Waals surface area contributed by atoms with Gasteiger partial charge in [0.2, 0.25) is 0 Å². The monoisotopic (exact) mass is 517 g/mol. The maximum atomic E-state index is 12.6. The van der Waals surface area contributed by atoms with Gasteiger partial charge in [-0.1, -0.05) is 40.9 Å². The molecule has 0 atom stereocenters. The maximum Gasteiger partial charge on any atom is 0.255 e. The predicted molar refractivity (Wildman–Crippen MR) is 128 cm³/mol. The first kappa shape index (κ1) is 21.7. The van der Waals surface area contributed by atoms with E-state index >= 15 is 0 Å². The molecule has 0 spiro atoms. The number of nitrogens with zero attached hydrogens (tertiary/aromatic N) is 2. The molecule has 2 heterocycles. The van der Waals surface area contributed by atoms with E-state index in [0.29, 0.717) is 38.3 Å². The molecule has 2 aromatic heterocycles. The quantitative estimate of drug-likeness (QED) is 0.314. The Kier molecular flexibility index (Phi) is 6.23. The Labute approximate surface area is 198 Å². The Morgan fingerprint density at radius 2 is 1.87 bits per heavy atom. The average molecular weight is 519 g/mol. The van der Waals surface area contributed by atoms with Gasteiger partial charge in [-0.2, -0.15) is 0 Å². The number of aryl methyl sites for hydroxylation is 2. The van der Waals surface area contributed by atoms with E-state index in [-0.39, 0.29) is 12.5 Å². The Balaban J connectivity index is 1.58. The predicted octanol–water partition coefficient (Wildman–Crippen LogP) is 6.85. The highest BCUT2D eigenvalue weighted by Gasteiger charge is 2.16. The number of anilines is 1. The molecule has 0 aliphatic carbocycles. The number of carbonyl (C=O) groups excluding carboxylic acids is 1. The third-order valence-electron chi connectivity index (χ3n) is 4.83. The molecule has 0 radical (unpaired) electrons. The number of amides is 1. The molecular weight excluding hydrogens is 501 g/mol. The van der Waals surface area contributed by atoms with Crippen LogP contribution in [-0.2, 0) is 6.61 Å². The van der Waals surface area contributed by atoms with E-state index < -0.39 is 0 Å². The van der Waals surface area contributed by atoms with E-state index in [4.69, 9.17) is 27.9 Å². The third kappa shape index (κ3) is 4.42. The summed E-state index contributed by atoms with van der Waals surface area (Å²) in [6, 6.07) is 14.4. The first-order chi connectivity index (χ1) is 14.8. The Morgan fingerprint density at radius 3 is 2.61 bits per heavy atom. The standard InChI is InChI=1S/C23H18BrCl2N3O2/c1-13-5-7-15(8-6-13)23(30)28-18-10-9-17(25)16(20(18)26)12-31-19-4-3-11-29-21(24)14(2)27-22(19)29/h3-11H,12H2,1-2H3,(H,28,30). The molecule has 1 N–H and O–H groups in total. The fourth-order valence-corrected chi connectivity index (χ4v) is 4.02. The van der Waals surface area contributed by atoms with Crippen LogP contribution in [0.3, 0.4) is 0 Å². The number of hydrogen-bond acceptors (Lipinski definition) is 3. The summed E-state index contributed by atoms with van der Waals surface area (Å²) in [5.41, 5.74) is 4.20. The summed E-state index contributed by atoms with van der Waals surface area (Å²) in [6.45, 7) is 4.00. The van der Waals surface area contributed by atoms with Crippen molar-refractivity contribution >= 4 is 56.4 Å². The van der Waals surface area contributed by atoms with Gasteiger partial charge in [0.1, 0.15) is 11.2 Å². The number of benzene rings is 2. The van der Waals surface area contributed by atoms with Crippen molar-refractivity contribution in [2.24, 2.45) is 0 Å². The van der Waals surface area contributed by atoms with Crippen LogP contribution in [0.2, 0.25) is 10.0 Å². The van der Waals surface area contributed by atoms with Crippen LogP contribution in [0.5, 0.6) is 5.75 Å². The molecule has 158 valence electrons. The highest BCUT2D eigenvalue weighted by atomic mass is 79.9. The van der Waals surface area contributed by atoms with Crippen LogP contribution >= 0.6 is 39.1 Å². The molecule has 0 saturated carbocycles. The van der Waals surface area contributed by atoms with Gasteiger partial charge in [0.25, 0.3) is 5.91 Å². The van der Waals surface area contributed by atoms with Crippen molar-refractivity contribution < 1.29 is 9.53 Å². The zero-order valence-corrected chi connectivity index (χ0v) is 19.8. The number of imidazole rings is 1. The minimum absolute atomic E-state index is 0.120. The number of pyridine rings is 1. The second kappa shape index (κ2) is 8.91. The molecule has 8 heteroatoms. The fraction of sp³-hybridized carbons (Fsp3) is 0.130. The number of carbonyl (C=O) groups is 1. The molecule has 0 aliphatic heterocycles. The molecule has 4 aromatic rings. The number of rotatable bonds is 5. The van der Waals surface area contributed by atoms with Crippen LogP contribution in [0.4, 0.5) is 5.69 Å². The summed E-state index contributed by atoms with van der Waals surface area (Å²) in [4.78, 5) is 17.1. The van der Waals surface area contributed by atoms with Gasteiger partial charge in [0, 0.05) is 22.3 Å². The first-order valence-electron chi connectivity index (χ1n) is 9.46. The van der Waals surface area contributed by atoms with Crippen molar-refractivity contribution in [1.82, 2.24) is 9.38 Å². The molecule has 31 heavy (non-hydrogen) atoms. The zero-order valence-electron chi connectivity index (χ0n) is 16.7. The van der Waals surface area contributed by atoms with Gasteiger partial charge in [0.15, 0.2) is 11.4 Å². The van der Waals surface area contributed by atoms with Crippen molar-refractivity contribution in [3.63, 3.8) is 0 Å². The van der Waals surface area contributed by atoms with Crippen LogP contribution in [-0.4, -0.2) is 15.3 Å². The summed E-state index contributed by atoms with van der Waals surface area (Å²) < 4.78 is 8.77. The van der Waals surface area contributed by atoms with Crippen LogP contribution in [0, 0.1) is 13.8 Å². The summed E-state index contributed by atoms with van der Waals surface area (Å²) in [5.74, 6) is 0.344. The lowest BCUT2D eigenvalue weighted by molar-refractivity contribution is 0.102. The largest absolute Gasteiger partial charge is 0.485 e. The van der Waals surface area contributed by atoms with E-state index in [9.17, 15) is 4.79 Å². The van der Waals surface area contributed by atoms with Gasteiger partial charge in [-0.3, -0.25) is 9.20 Å². The summed E-state index contributed by atoms with van der Waals surface area (Å²) >= 11 is 16.5. The van der Waals surface area contributed by atoms with Crippen molar-refractivity contribution in [2.45, 2.75) is 20.5 Å². The van der Waals surface area contributed by atoms with Crippen LogP contribution in [0.1, 0.15) is 27.2 Å². The van der Waals surface area contributed by atoms with Gasteiger partial charge in [-0.05, 0) is 66.2 Å². The molecular formula is C23H18BrCl2N3O2. The van der Waals surface area contributed by atoms with Gasteiger partial charge in [0.05, 0.1) is 16.4 Å². The number of hydrogen-bond donors (Lipinski definition) is 1. The Bertz CT molecular complexity index is 1290. The third-order valence-corrected chi connectivity index (χ3v) is 6.58. The van der Waals surface area contributed by atoms with Gasteiger partial charge in [-0.25, -0.2) is 4.98 Å². The smallest absolute Gasteiger partial charge is 0.255 e. The van der Waals surface area contributed by atoms with Crippen LogP contribution in [0.15, 0.2) is 59.3 Å². The van der Waals surface area contributed by atoms with Gasteiger partial charge < -0.3 is 10.1 Å². The first-order valence-corrected chi connectivity index (χ1v) is 11.0. The Morgan fingerprint density at radius 1 is 1.13 bits per heavy atom. The Hall–Kier alpha value is -2.54.